The Balaban J connectivity index is 1.37. The smallest absolute Gasteiger partial charge is 0.353 e. The third-order valence-corrected chi connectivity index (χ3v) is 6.59. The molecule has 3 aromatic carbocycles. The summed E-state index contributed by atoms with van der Waals surface area (Å²) in [5.74, 6) is -0.741. The average molecular weight is 511 g/mol. The van der Waals surface area contributed by atoms with Gasteiger partial charge in [-0.25, -0.2) is 14.8 Å². The summed E-state index contributed by atoms with van der Waals surface area (Å²) < 4.78 is 0. The topological polar surface area (TPSA) is 125 Å². The molecule has 1 aromatic heterocycles. The summed E-state index contributed by atoms with van der Waals surface area (Å²) in [4.78, 5) is 35.5. The van der Waals surface area contributed by atoms with Gasteiger partial charge in [0.15, 0.2) is 0 Å². The molecule has 0 atom stereocenters. The van der Waals surface area contributed by atoms with Gasteiger partial charge in [-0.2, -0.15) is 0 Å². The first-order chi connectivity index (χ1) is 18.5. The standard InChI is InChI=1S/C28H26N6O4/c35-28(36)22-11-13-23(14-12-22)31-26-25(34(37)38)27(30-19-29-26)33-17-15-32(16-18-33)24(20-7-3-1-4-8-20)21-9-5-2-6-10-21/h1-14,19,24H,15-18H2,(H,35,36)(H,29,30,31). The van der Waals surface area contributed by atoms with E-state index in [4.69, 9.17) is 5.11 Å². The number of carbonyl (C=O) groups is 1. The minimum absolute atomic E-state index is 0.0527. The van der Waals surface area contributed by atoms with Crippen molar-refractivity contribution in [2.24, 2.45) is 0 Å². The zero-order valence-electron chi connectivity index (χ0n) is 20.5. The molecule has 5 rings (SSSR count). The number of carboxylic acids is 1. The number of rotatable bonds is 8. The average Bonchev–Trinajstić information content (AvgIpc) is 2.95. The number of nitro groups is 1. The molecule has 1 saturated heterocycles. The fourth-order valence-electron chi connectivity index (χ4n) is 4.77. The van der Waals surface area contributed by atoms with Gasteiger partial charge in [-0.05, 0) is 35.4 Å². The summed E-state index contributed by atoms with van der Waals surface area (Å²) in [6.07, 6.45) is 1.30. The van der Waals surface area contributed by atoms with Crippen molar-refractivity contribution in [3.63, 3.8) is 0 Å². The molecule has 38 heavy (non-hydrogen) atoms. The van der Waals surface area contributed by atoms with E-state index >= 15 is 0 Å². The molecule has 2 heterocycles. The number of aromatic nitrogens is 2. The Labute approximate surface area is 219 Å². The van der Waals surface area contributed by atoms with Crippen LogP contribution in [0.5, 0.6) is 0 Å². The van der Waals surface area contributed by atoms with Gasteiger partial charge in [-0.1, -0.05) is 60.7 Å². The van der Waals surface area contributed by atoms with Crippen molar-refractivity contribution < 1.29 is 14.8 Å². The van der Waals surface area contributed by atoms with Crippen molar-refractivity contribution in [2.75, 3.05) is 36.4 Å². The Kier molecular flexibility index (Phi) is 7.23. The first-order valence-electron chi connectivity index (χ1n) is 12.2. The van der Waals surface area contributed by atoms with Crippen LogP contribution in [0.4, 0.5) is 23.0 Å². The van der Waals surface area contributed by atoms with E-state index < -0.39 is 10.9 Å². The lowest BCUT2D eigenvalue weighted by Gasteiger charge is -2.40. The highest BCUT2D eigenvalue weighted by Crippen LogP contribution is 2.35. The van der Waals surface area contributed by atoms with Crippen molar-refractivity contribution in [3.8, 4) is 0 Å². The van der Waals surface area contributed by atoms with Crippen LogP contribution in [0.2, 0.25) is 0 Å². The second-order valence-corrected chi connectivity index (χ2v) is 8.91. The Bertz CT molecular complexity index is 1370. The van der Waals surface area contributed by atoms with Crippen molar-refractivity contribution in [1.82, 2.24) is 14.9 Å². The van der Waals surface area contributed by atoms with Gasteiger partial charge in [0.05, 0.1) is 16.5 Å². The predicted molar refractivity (Wildman–Crippen MR) is 144 cm³/mol. The molecule has 0 amide bonds. The van der Waals surface area contributed by atoms with Gasteiger partial charge in [0, 0.05) is 31.9 Å². The molecular formula is C28H26N6O4. The van der Waals surface area contributed by atoms with Gasteiger partial charge in [0.25, 0.3) is 0 Å². The fraction of sp³-hybridized carbons (Fsp3) is 0.179. The van der Waals surface area contributed by atoms with E-state index in [0.717, 1.165) is 0 Å². The highest BCUT2D eigenvalue weighted by atomic mass is 16.6. The predicted octanol–water partition coefficient (Wildman–Crippen LogP) is 4.74. The van der Waals surface area contributed by atoms with Crippen LogP contribution < -0.4 is 10.2 Å². The van der Waals surface area contributed by atoms with E-state index in [-0.39, 0.29) is 28.9 Å². The zero-order chi connectivity index (χ0) is 26.5. The lowest BCUT2D eigenvalue weighted by molar-refractivity contribution is -0.383. The molecule has 10 heteroatoms. The zero-order valence-corrected chi connectivity index (χ0v) is 20.5. The third kappa shape index (κ3) is 5.30. The lowest BCUT2D eigenvalue weighted by atomic mass is 9.96. The largest absolute Gasteiger partial charge is 0.478 e. The van der Waals surface area contributed by atoms with E-state index in [1.807, 2.05) is 41.3 Å². The number of benzene rings is 3. The quantitative estimate of drug-likeness (QED) is 0.255. The Hall–Kier alpha value is -4.83. The van der Waals surface area contributed by atoms with Crippen LogP contribution in [0, 0.1) is 10.1 Å². The van der Waals surface area contributed by atoms with Gasteiger partial charge in [0.1, 0.15) is 6.33 Å². The number of piperazine rings is 1. The number of nitrogens with zero attached hydrogens (tertiary/aromatic N) is 5. The van der Waals surface area contributed by atoms with Crippen LogP contribution >= 0.6 is 0 Å². The number of carboxylic acid groups (broad SMARTS) is 1. The maximum atomic E-state index is 12.1. The van der Waals surface area contributed by atoms with Crippen LogP contribution in [0.1, 0.15) is 27.5 Å². The summed E-state index contributed by atoms with van der Waals surface area (Å²) in [6, 6.07) is 26.7. The first kappa shape index (κ1) is 24.8. The van der Waals surface area contributed by atoms with Crippen molar-refractivity contribution in [3.05, 3.63) is 118 Å². The van der Waals surface area contributed by atoms with E-state index in [1.165, 1.54) is 29.6 Å². The SMILES string of the molecule is O=C(O)c1ccc(Nc2ncnc(N3CCN(C(c4ccccc4)c4ccccc4)CC3)c2[N+](=O)[O-])cc1. The molecule has 192 valence electrons. The molecule has 1 aliphatic heterocycles. The van der Waals surface area contributed by atoms with Crippen molar-refractivity contribution >= 4 is 29.0 Å². The molecule has 1 aliphatic rings. The molecule has 2 N–H and O–H groups in total. The van der Waals surface area contributed by atoms with E-state index in [0.29, 0.717) is 31.9 Å². The lowest BCUT2D eigenvalue weighted by Crippen LogP contribution is -2.48. The maximum absolute atomic E-state index is 12.1. The summed E-state index contributed by atoms with van der Waals surface area (Å²) in [7, 11) is 0. The molecule has 0 bridgehead atoms. The highest BCUT2D eigenvalue weighted by Gasteiger charge is 2.32. The molecule has 1 fully saturated rings. The minimum atomic E-state index is -1.05. The van der Waals surface area contributed by atoms with Gasteiger partial charge < -0.3 is 15.3 Å². The number of aromatic carboxylic acids is 1. The highest BCUT2D eigenvalue weighted by molar-refractivity contribution is 5.88. The molecular weight excluding hydrogens is 484 g/mol. The molecule has 0 unspecified atom stereocenters. The minimum Gasteiger partial charge on any atom is -0.478 e. The molecule has 0 aliphatic carbocycles. The number of hydrogen-bond acceptors (Lipinski definition) is 8. The first-order valence-corrected chi connectivity index (χ1v) is 12.2. The Morgan fingerprint density at radius 3 is 1.97 bits per heavy atom. The summed E-state index contributed by atoms with van der Waals surface area (Å²) in [5.41, 5.74) is 2.78. The summed E-state index contributed by atoms with van der Waals surface area (Å²) >= 11 is 0. The van der Waals surface area contributed by atoms with E-state index in [1.54, 1.807) is 12.1 Å². The molecule has 0 radical (unpaired) electrons. The Morgan fingerprint density at radius 2 is 1.45 bits per heavy atom. The van der Waals surface area contributed by atoms with Gasteiger partial charge in [-0.3, -0.25) is 15.0 Å². The van der Waals surface area contributed by atoms with E-state index in [9.17, 15) is 14.9 Å². The third-order valence-electron chi connectivity index (χ3n) is 6.59. The van der Waals surface area contributed by atoms with Crippen LogP contribution in [0.3, 0.4) is 0 Å². The Morgan fingerprint density at radius 1 is 0.868 bits per heavy atom. The number of hydrogen-bond donors (Lipinski definition) is 2. The second-order valence-electron chi connectivity index (χ2n) is 8.91. The number of nitrogens with one attached hydrogen (secondary N) is 1. The van der Waals surface area contributed by atoms with Crippen LogP contribution in [-0.2, 0) is 0 Å². The molecule has 0 spiro atoms. The monoisotopic (exact) mass is 510 g/mol. The van der Waals surface area contributed by atoms with Gasteiger partial charge >= 0.3 is 11.7 Å². The summed E-state index contributed by atoms with van der Waals surface area (Å²) in [5, 5.41) is 24.2. The van der Waals surface area contributed by atoms with Crippen LogP contribution in [0.25, 0.3) is 0 Å². The normalized spacial score (nSPS) is 13.9. The fourth-order valence-corrected chi connectivity index (χ4v) is 4.77. The molecule has 10 nitrogen and oxygen atoms in total. The second kappa shape index (κ2) is 11.1. The van der Waals surface area contributed by atoms with E-state index in [2.05, 4.69) is 44.5 Å². The summed E-state index contributed by atoms with van der Waals surface area (Å²) in [6.45, 7) is 2.49. The van der Waals surface area contributed by atoms with Gasteiger partial charge in [0.2, 0.25) is 11.6 Å². The van der Waals surface area contributed by atoms with Crippen LogP contribution in [0.15, 0.2) is 91.3 Å². The maximum Gasteiger partial charge on any atom is 0.353 e. The number of anilines is 3. The molecule has 4 aromatic rings. The van der Waals surface area contributed by atoms with Crippen molar-refractivity contribution in [1.29, 1.82) is 0 Å². The van der Waals surface area contributed by atoms with Crippen LogP contribution in [-0.4, -0.2) is 57.0 Å². The van der Waals surface area contributed by atoms with Gasteiger partial charge in [-0.15, -0.1) is 0 Å². The van der Waals surface area contributed by atoms with Crippen molar-refractivity contribution in [2.45, 2.75) is 6.04 Å². The molecule has 0 saturated carbocycles.